The van der Waals surface area contributed by atoms with Crippen LogP contribution in [0.4, 0.5) is 0 Å². The van der Waals surface area contributed by atoms with Gasteiger partial charge in [0.1, 0.15) is 5.82 Å². The van der Waals surface area contributed by atoms with Gasteiger partial charge in [0, 0.05) is 25.2 Å². The largest absolute Gasteiger partial charge is 0.338 e. The number of nitrogens with two attached hydrogens (primary N) is 1. The number of aryl methyl sites for hydroxylation is 3. The predicted octanol–water partition coefficient (Wildman–Crippen LogP) is 1.15. The highest BCUT2D eigenvalue weighted by atomic mass is 15.0. The third kappa shape index (κ3) is 1.91. The Morgan fingerprint density at radius 3 is 2.77 bits per heavy atom. The van der Waals surface area contributed by atoms with Gasteiger partial charge >= 0.3 is 0 Å². The maximum absolute atomic E-state index is 6.01. The minimum Gasteiger partial charge on any atom is -0.338 e. The Bertz CT molecular complexity index is 310. The molecule has 0 amide bonds. The topological polar surface area (TPSA) is 43.8 Å². The third-order valence-electron chi connectivity index (χ3n) is 2.83. The monoisotopic (exact) mass is 179 g/mol. The Morgan fingerprint density at radius 1 is 1.62 bits per heavy atom. The number of imidazole rings is 1. The Kier molecular flexibility index (Phi) is 1.91. The van der Waals surface area contributed by atoms with Crippen molar-refractivity contribution in [3.63, 3.8) is 0 Å². The summed E-state index contributed by atoms with van der Waals surface area (Å²) in [6, 6.07) is 0. The summed E-state index contributed by atoms with van der Waals surface area (Å²) in [5.41, 5.74) is 7.26. The average Bonchev–Trinajstić information content (AvgIpc) is 2.69. The molecule has 2 rings (SSSR count). The van der Waals surface area contributed by atoms with Crippen LogP contribution in [0.25, 0.3) is 0 Å². The Balaban J connectivity index is 1.97. The highest BCUT2D eigenvalue weighted by molar-refractivity contribution is 5.05. The lowest BCUT2D eigenvalue weighted by molar-refractivity contribution is 0.586. The van der Waals surface area contributed by atoms with Crippen LogP contribution in [0.15, 0.2) is 6.20 Å². The quantitative estimate of drug-likeness (QED) is 0.756. The molecule has 0 atom stereocenters. The molecule has 13 heavy (non-hydrogen) atoms. The maximum Gasteiger partial charge on any atom is 0.108 e. The molecule has 1 heterocycles. The van der Waals surface area contributed by atoms with Crippen LogP contribution in [0, 0.1) is 6.92 Å². The first-order valence-corrected chi connectivity index (χ1v) is 4.87. The lowest BCUT2D eigenvalue weighted by atomic mass is 10.1. The first-order valence-electron chi connectivity index (χ1n) is 4.87. The fourth-order valence-corrected chi connectivity index (χ4v) is 1.67. The van der Waals surface area contributed by atoms with Crippen LogP contribution in [0.5, 0.6) is 0 Å². The van der Waals surface area contributed by atoms with Crippen LogP contribution in [-0.4, -0.2) is 15.1 Å². The maximum atomic E-state index is 6.01. The fraction of sp³-hybridized carbons (Fsp3) is 0.700. The van der Waals surface area contributed by atoms with Gasteiger partial charge in [0.05, 0.1) is 5.69 Å². The molecule has 1 fully saturated rings. The van der Waals surface area contributed by atoms with E-state index in [0.29, 0.717) is 0 Å². The smallest absolute Gasteiger partial charge is 0.108 e. The SMILES string of the molecule is Cc1cn(C)c(CCC2(N)CC2)n1. The summed E-state index contributed by atoms with van der Waals surface area (Å²) in [6.45, 7) is 2.03. The number of nitrogens with zero attached hydrogens (tertiary/aromatic N) is 2. The Labute approximate surface area is 79.0 Å². The normalized spacial score (nSPS) is 19.0. The van der Waals surface area contributed by atoms with Gasteiger partial charge in [-0.25, -0.2) is 4.98 Å². The van der Waals surface area contributed by atoms with E-state index < -0.39 is 0 Å². The predicted molar refractivity (Wildman–Crippen MR) is 52.4 cm³/mol. The first-order chi connectivity index (χ1) is 6.09. The molecule has 0 spiro atoms. The zero-order valence-electron chi connectivity index (χ0n) is 8.38. The minimum absolute atomic E-state index is 0.153. The number of rotatable bonds is 3. The molecule has 0 unspecified atom stereocenters. The summed E-state index contributed by atoms with van der Waals surface area (Å²) in [5.74, 6) is 1.16. The first kappa shape index (κ1) is 8.75. The molecule has 3 heteroatoms. The molecule has 1 aromatic rings. The van der Waals surface area contributed by atoms with E-state index in [4.69, 9.17) is 5.73 Å². The Hall–Kier alpha value is -0.830. The molecule has 0 radical (unpaired) electrons. The van der Waals surface area contributed by atoms with Crippen LogP contribution in [-0.2, 0) is 13.5 Å². The van der Waals surface area contributed by atoms with E-state index in [1.54, 1.807) is 0 Å². The van der Waals surface area contributed by atoms with Crippen LogP contribution >= 0.6 is 0 Å². The van der Waals surface area contributed by atoms with Gasteiger partial charge < -0.3 is 10.3 Å². The standard InChI is InChI=1S/C10H17N3/c1-8-7-13(2)9(12-8)3-4-10(11)5-6-10/h7H,3-6,11H2,1-2H3. The van der Waals surface area contributed by atoms with E-state index in [9.17, 15) is 0 Å². The zero-order chi connectivity index (χ0) is 9.47. The van der Waals surface area contributed by atoms with Gasteiger partial charge in [0.25, 0.3) is 0 Å². The summed E-state index contributed by atoms with van der Waals surface area (Å²) < 4.78 is 2.10. The van der Waals surface area contributed by atoms with Crippen molar-refractivity contribution < 1.29 is 0 Å². The number of hydrogen-bond donors (Lipinski definition) is 1. The van der Waals surface area contributed by atoms with Crippen molar-refractivity contribution in [2.45, 2.75) is 38.1 Å². The van der Waals surface area contributed by atoms with Gasteiger partial charge in [0.15, 0.2) is 0 Å². The van der Waals surface area contributed by atoms with Gasteiger partial charge in [-0.1, -0.05) is 0 Å². The fourth-order valence-electron chi connectivity index (χ4n) is 1.67. The lowest BCUT2D eigenvalue weighted by Gasteiger charge is -2.07. The van der Waals surface area contributed by atoms with E-state index in [2.05, 4.69) is 15.7 Å². The molecule has 0 bridgehead atoms. The van der Waals surface area contributed by atoms with Gasteiger partial charge in [-0.3, -0.25) is 0 Å². The van der Waals surface area contributed by atoms with Crippen molar-refractivity contribution in [3.05, 3.63) is 17.7 Å². The van der Waals surface area contributed by atoms with E-state index in [-0.39, 0.29) is 5.54 Å². The molecule has 1 aromatic heterocycles. The molecule has 0 saturated heterocycles. The molecule has 72 valence electrons. The lowest BCUT2D eigenvalue weighted by Crippen LogP contribution is -2.22. The van der Waals surface area contributed by atoms with Gasteiger partial charge in [-0.15, -0.1) is 0 Å². The van der Waals surface area contributed by atoms with Crippen LogP contribution < -0.4 is 5.73 Å². The van der Waals surface area contributed by atoms with Crippen molar-refractivity contribution in [1.82, 2.24) is 9.55 Å². The van der Waals surface area contributed by atoms with E-state index in [1.165, 1.54) is 12.8 Å². The molecular weight excluding hydrogens is 162 g/mol. The molecule has 2 N–H and O–H groups in total. The molecular formula is C10H17N3. The molecule has 1 aliphatic carbocycles. The second-order valence-electron chi connectivity index (χ2n) is 4.27. The van der Waals surface area contributed by atoms with Crippen molar-refractivity contribution in [2.24, 2.45) is 12.8 Å². The summed E-state index contributed by atoms with van der Waals surface area (Å²) in [4.78, 5) is 4.45. The molecule has 1 aliphatic rings. The van der Waals surface area contributed by atoms with Crippen molar-refractivity contribution in [3.8, 4) is 0 Å². The second-order valence-corrected chi connectivity index (χ2v) is 4.27. The van der Waals surface area contributed by atoms with Crippen LogP contribution in [0.3, 0.4) is 0 Å². The summed E-state index contributed by atoms with van der Waals surface area (Å²) in [5, 5.41) is 0. The molecule has 0 aliphatic heterocycles. The zero-order valence-corrected chi connectivity index (χ0v) is 8.38. The summed E-state index contributed by atoms with van der Waals surface area (Å²) in [7, 11) is 2.05. The second kappa shape index (κ2) is 2.84. The molecule has 3 nitrogen and oxygen atoms in total. The van der Waals surface area contributed by atoms with Gasteiger partial charge in [-0.2, -0.15) is 0 Å². The van der Waals surface area contributed by atoms with Crippen LogP contribution in [0.1, 0.15) is 30.8 Å². The van der Waals surface area contributed by atoms with Gasteiger partial charge in [0.2, 0.25) is 0 Å². The molecule has 1 saturated carbocycles. The summed E-state index contributed by atoms with van der Waals surface area (Å²) in [6.07, 6.45) is 6.54. The highest BCUT2D eigenvalue weighted by Crippen LogP contribution is 2.36. The van der Waals surface area contributed by atoms with Crippen molar-refractivity contribution in [1.29, 1.82) is 0 Å². The molecule has 0 aromatic carbocycles. The average molecular weight is 179 g/mol. The van der Waals surface area contributed by atoms with E-state index in [0.717, 1.165) is 24.4 Å². The van der Waals surface area contributed by atoms with Crippen LogP contribution in [0.2, 0.25) is 0 Å². The van der Waals surface area contributed by atoms with E-state index in [1.807, 2.05) is 14.0 Å². The number of hydrogen-bond acceptors (Lipinski definition) is 2. The van der Waals surface area contributed by atoms with Gasteiger partial charge in [-0.05, 0) is 26.2 Å². The van der Waals surface area contributed by atoms with Crippen molar-refractivity contribution in [2.75, 3.05) is 0 Å². The van der Waals surface area contributed by atoms with E-state index >= 15 is 0 Å². The minimum atomic E-state index is 0.153. The summed E-state index contributed by atoms with van der Waals surface area (Å²) >= 11 is 0. The third-order valence-corrected chi connectivity index (χ3v) is 2.83. The highest BCUT2D eigenvalue weighted by Gasteiger charge is 2.37. The Morgan fingerprint density at radius 2 is 2.31 bits per heavy atom. The van der Waals surface area contributed by atoms with Crippen molar-refractivity contribution >= 4 is 0 Å². The number of aromatic nitrogens is 2.